The molecule has 142 valence electrons. The summed E-state index contributed by atoms with van der Waals surface area (Å²) in [6.07, 6.45) is 9.64. The normalized spacial score (nSPS) is 11.2. The van der Waals surface area contributed by atoms with E-state index in [0.29, 0.717) is 10.0 Å². The van der Waals surface area contributed by atoms with Crippen molar-refractivity contribution in [2.24, 2.45) is 0 Å². The fraction of sp³-hybridized carbons (Fsp3) is 0.455. The smallest absolute Gasteiger partial charge is 0.117 e. The van der Waals surface area contributed by atoms with Crippen LogP contribution in [0.4, 0.5) is 0 Å². The average Bonchev–Trinajstić information content (AvgIpc) is 2.59. The van der Waals surface area contributed by atoms with Crippen LogP contribution >= 0.6 is 23.2 Å². The molecule has 0 atom stereocenters. The third-order valence-electron chi connectivity index (χ3n) is 4.82. The van der Waals surface area contributed by atoms with Crippen molar-refractivity contribution in [1.82, 2.24) is 0 Å². The van der Waals surface area contributed by atoms with Crippen LogP contribution in [0.25, 0.3) is 0 Å². The monoisotopic (exact) mass is 394 g/mol. The molecule has 0 aliphatic heterocycles. The van der Waals surface area contributed by atoms with Crippen molar-refractivity contribution in [3.8, 4) is 11.5 Å². The molecule has 0 unspecified atom stereocenters. The van der Waals surface area contributed by atoms with E-state index in [0.717, 1.165) is 24.0 Å². The Morgan fingerprint density at radius 3 is 1.65 bits per heavy atom. The predicted octanol–water partition coefficient (Wildman–Crippen LogP) is 7.68. The number of unbranched alkanes of at least 4 members (excludes halogenated alkanes) is 6. The average molecular weight is 395 g/mol. The van der Waals surface area contributed by atoms with Crippen molar-refractivity contribution in [3.63, 3.8) is 0 Å². The molecule has 2 nitrogen and oxygen atoms in total. The summed E-state index contributed by atoms with van der Waals surface area (Å²) in [5, 5.41) is 20.4. The molecule has 0 amide bonds. The summed E-state index contributed by atoms with van der Waals surface area (Å²) in [6, 6.07) is 10.2. The number of hydrogen-bond donors (Lipinski definition) is 2. The number of phenolic OH excluding ortho intramolecular Hbond substituents is 2. The van der Waals surface area contributed by atoms with E-state index in [2.05, 4.69) is 6.92 Å². The second-order valence-electron chi connectivity index (χ2n) is 6.87. The van der Waals surface area contributed by atoms with E-state index in [4.69, 9.17) is 23.2 Å². The van der Waals surface area contributed by atoms with Crippen molar-refractivity contribution in [2.75, 3.05) is 0 Å². The van der Waals surface area contributed by atoms with Crippen LogP contribution in [0.2, 0.25) is 10.0 Å². The molecule has 2 aromatic rings. The van der Waals surface area contributed by atoms with Crippen LogP contribution in [0.15, 0.2) is 36.4 Å². The molecule has 0 aliphatic carbocycles. The molecule has 0 aliphatic rings. The Morgan fingerprint density at radius 1 is 0.731 bits per heavy atom. The second-order valence-corrected chi connectivity index (χ2v) is 7.69. The highest BCUT2D eigenvalue weighted by Crippen LogP contribution is 2.39. The van der Waals surface area contributed by atoms with Gasteiger partial charge in [-0.15, -0.1) is 0 Å². The Labute approximate surface area is 166 Å². The summed E-state index contributed by atoms with van der Waals surface area (Å²) in [5.41, 5.74) is 1.92. The van der Waals surface area contributed by atoms with E-state index in [1.165, 1.54) is 38.5 Å². The quantitative estimate of drug-likeness (QED) is 0.405. The molecule has 0 heterocycles. The minimum Gasteiger partial charge on any atom is -0.508 e. The zero-order valence-corrected chi connectivity index (χ0v) is 16.9. The maximum Gasteiger partial charge on any atom is 0.117 e. The van der Waals surface area contributed by atoms with Crippen LogP contribution in [-0.2, 0) is 0 Å². The maximum absolute atomic E-state index is 9.65. The van der Waals surface area contributed by atoms with Gasteiger partial charge in [0.2, 0.25) is 0 Å². The molecule has 0 spiro atoms. The zero-order valence-electron chi connectivity index (χ0n) is 15.3. The van der Waals surface area contributed by atoms with Crippen molar-refractivity contribution in [1.29, 1.82) is 0 Å². The van der Waals surface area contributed by atoms with Gasteiger partial charge in [-0.05, 0) is 41.8 Å². The summed E-state index contributed by atoms with van der Waals surface area (Å²) in [5.74, 6) is 0.363. The molecule has 0 radical (unpaired) electrons. The largest absolute Gasteiger partial charge is 0.508 e. The Balaban J connectivity index is 2.12. The van der Waals surface area contributed by atoms with E-state index in [-0.39, 0.29) is 17.4 Å². The van der Waals surface area contributed by atoms with Gasteiger partial charge in [-0.2, -0.15) is 0 Å². The van der Waals surface area contributed by atoms with Crippen molar-refractivity contribution < 1.29 is 10.2 Å². The third kappa shape index (κ3) is 6.10. The SMILES string of the molecule is CCCCCCCCCC(c1ccc(O)cc1Cl)c1ccc(O)cc1Cl. The lowest BCUT2D eigenvalue weighted by Crippen LogP contribution is -2.03. The Morgan fingerprint density at radius 2 is 1.19 bits per heavy atom. The standard InChI is InChI=1S/C22H28Cl2O2/c1-2-3-4-5-6-7-8-9-18(19-12-10-16(25)14-21(19)23)20-13-11-17(26)15-22(20)24/h10-15,18,25-26H,2-9H2,1H3. The lowest BCUT2D eigenvalue weighted by molar-refractivity contribution is 0.474. The second kappa shape index (κ2) is 10.7. The molecule has 26 heavy (non-hydrogen) atoms. The summed E-state index contributed by atoms with van der Waals surface area (Å²) in [7, 11) is 0. The van der Waals surface area contributed by atoms with Gasteiger partial charge in [-0.25, -0.2) is 0 Å². The Hall–Kier alpha value is -1.38. The molecule has 0 saturated carbocycles. The first kappa shape index (κ1) is 20.9. The lowest BCUT2D eigenvalue weighted by atomic mass is 9.86. The number of hydrogen-bond acceptors (Lipinski definition) is 2. The van der Waals surface area contributed by atoms with Crippen LogP contribution in [0.1, 0.15) is 75.3 Å². The van der Waals surface area contributed by atoms with Gasteiger partial charge in [0.05, 0.1) is 0 Å². The van der Waals surface area contributed by atoms with Gasteiger partial charge < -0.3 is 10.2 Å². The number of rotatable bonds is 10. The molecule has 0 aromatic heterocycles. The summed E-state index contributed by atoms with van der Waals surface area (Å²) < 4.78 is 0. The molecule has 0 saturated heterocycles. The number of aromatic hydroxyl groups is 2. The molecule has 0 bridgehead atoms. The molecule has 4 heteroatoms. The van der Waals surface area contributed by atoms with Crippen LogP contribution in [-0.4, -0.2) is 10.2 Å². The fourth-order valence-corrected chi connectivity index (χ4v) is 3.99. The van der Waals surface area contributed by atoms with E-state index < -0.39 is 0 Å². The molecular formula is C22H28Cl2O2. The Bertz CT molecular complexity index is 649. The fourth-order valence-electron chi connectivity index (χ4n) is 3.38. The summed E-state index contributed by atoms with van der Waals surface area (Å²) >= 11 is 12.8. The molecular weight excluding hydrogens is 367 g/mol. The van der Waals surface area contributed by atoms with Gasteiger partial charge in [-0.3, -0.25) is 0 Å². The molecule has 2 rings (SSSR count). The van der Waals surface area contributed by atoms with Gasteiger partial charge in [0.1, 0.15) is 11.5 Å². The van der Waals surface area contributed by atoms with Crippen molar-refractivity contribution in [2.45, 2.75) is 64.2 Å². The van der Waals surface area contributed by atoms with Crippen LogP contribution in [0, 0.1) is 0 Å². The van der Waals surface area contributed by atoms with Crippen LogP contribution in [0.3, 0.4) is 0 Å². The maximum atomic E-state index is 9.65. The first-order valence-electron chi connectivity index (χ1n) is 9.49. The predicted molar refractivity (Wildman–Crippen MR) is 111 cm³/mol. The van der Waals surface area contributed by atoms with Gasteiger partial charge >= 0.3 is 0 Å². The number of phenols is 2. The first-order chi connectivity index (χ1) is 12.5. The van der Waals surface area contributed by atoms with E-state index in [1.807, 2.05) is 12.1 Å². The van der Waals surface area contributed by atoms with Gasteiger partial charge in [0.25, 0.3) is 0 Å². The summed E-state index contributed by atoms with van der Waals surface area (Å²) in [6.45, 7) is 2.23. The highest BCUT2D eigenvalue weighted by molar-refractivity contribution is 6.32. The van der Waals surface area contributed by atoms with Crippen LogP contribution < -0.4 is 0 Å². The molecule has 0 fully saturated rings. The van der Waals surface area contributed by atoms with Crippen LogP contribution in [0.5, 0.6) is 11.5 Å². The van der Waals surface area contributed by atoms with Gasteiger partial charge in [0.15, 0.2) is 0 Å². The minimum atomic E-state index is 0.0480. The minimum absolute atomic E-state index is 0.0480. The van der Waals surface area contributed by atoms with Crippen molar-refractivity contribution in [3.05, 3.63) is 57.6 Å². The first-order valence-corrected chi connectivity index (χ1v) is 10.2. The summed E-state index contributed by atoms with van der Waals surface area (Å²) in [4.78, 5) is 0. The van der Waals surface area contributed by atoms with E-state index >= 15 is 0 Å². The van der Waals surface area contributed by atoms with E-state index in [9.17, 15) is 10.2 Å². The number of benzene rings is 2. The highest BCUT2D eigenvalue weighted by Gasteiger charge is 2.20. The molecule has 2 aromatic carbocycles. The van der Waals surface area contributed by atoms with Crippen molar-refractivity contribution >= 4 is 23.2 Å². The van der Waals surface area contributed by atoms with Gasteiger partial charge in [-0.1, -0.05) is 87.2 Å². The van der Waals surface area contributed by atoms with E-state index in [1.54, 1.807) is 24.3 Å². The Kier molecular flexibility index (Phi) is 8.61. The third-order valence-corrected chi connectivity index (χ3v) is 5.47. The molecule has 2 N–H and O–H groups in total. The lowest BCUT2D eigenvalue weighted by Gasteiger charge is -2.21. The van der Waals surface area contributed by atoms with Gasteiger partial charge in [0, 0.05) is 16.0 Å². The topological polar surface area (TPSA) is 40.5 Å². The highest BCUT2D eigenvalue weighted by atomic mass is 35.5. The number of halogens is 2. The zero-order chi connectivity index (χ0) is 18.9.